The molecule has 0 aliphatic rings. The summed E-state index contributed by atoms with van der Waals surface area (Å²) in [4.78, 5) is 16.1. The molecule has 0 saturated heterocycles. The molecule has 156 valence electrons. The molecule has 7 heteroatoms. The van der Waals surface area contributed by atoms with Crippen molar-refractivity contribution in [3.05, 3.63) is 102 Å². The van der Waals surface area contributed by atoms with Crippen LogP contribution in [0.4, 0.5) is 4.39 Å². The van der Waals surface area contributed by atoms with Crippen LogP contribution in [0, 0.1) is 5.82 Å². The highest BCUT2D eigenvalue weighted by atomic mass is 19.1. The zero-order valence-corrected chi connectivity index (χ0v) is 16.7. The predicted octanol–water partition coefficient (Wildman–Crippen LogP) is 4.45. The first kappa shape index (κ1) is 20.3. The number of rotatable bonds is 8. The summed E-state index contributed by atoms with van der Waals surface area (Å²) in [7, 11) is 0. The molecular weight excluding hydrogens is 395 g/mol. The summed E-state index contributed by atoms with van der Waals surface area (Å²) in [5, 5.41) is 7.15. The average molecular weight is 416 g/mol. The molecule has 4 rings (SSSR count). The van der Waals surface area contributed by atoms with Crippen molar-refractivity contribution in [1.82, 2.24) is 20.1 Å². The Hall–Kier alpha value is -4.00. The van der Waals surface area contributed by atoms with Crippen LogP contribution >= 0.6 is 0 Å². The zero-order chi connectivity index (χ0) is 21.5. The second-order valence-electron chi connectivity index (χ2n) is 6.96. The van der Waals surface area contributed by atoms with Gasteiger partial charge in [-0.25, -0.2) is 9.07 Å². The molecular formula is C24H21FN4O2. The van der Waals surface area contributed by atoms with Crippen molar-refractivity contribution in [2.24, 2.45) is 0 Å². The topological polar surface area (TPSA) is 69.0 Å². The van der Waals surface area contributed by atoms with Gasteiger partial charge < -0.3 is 10.1 Å². The molecule has 0 saturated carbocycles. The standard InChI is InChI=1S/C24H21FN4O2/c25-22-13-18(8-10-23(22)31-21-7-4-12-26-16-21)14-27-24(30)11-9-19-15-28-29(17-19)20-5-2-1-3-6-20/h1-8,10,12-13,15-17H,9,11,14H2,(H,27,30). The molecule has 2 aromatic carbocycles. The van der Waals surface area contributed by atoms with E-state index in [1.807, 2.05) is 36.5 Å². The number of hydrogen-bond acceptors (Lipinski definition) is 4. The van der Waals surface area contributed by atoms with Gasteiger partial charge in [0.05, 0.1) is 18.1 Å². The molecule has 0 aliphatic heterocycles. The molecule has 31 heavy (non-hydrogen) atoms. The third-order valence-electron chi connectivity index (χ3n) is 4.65. The normalized spacial score (nSPS) is 10.6. The van der Waals surface area contributed by atoms with Crippen LogP contribution in [0.1, 0.15) is 17.5 Å². The van der Waals surface area contributed by atoms with Crippen LogP contribution in [0.15, 0.2) is 85.5 Å². The van der Waals surface area contributed by atoms with Crippen LogP contribution in [-0.4, -0.2) is 20.7 Å². The van der Waals surface area contributed by atoms with Gasteiger partial charge in [-0.15, -0.1) is 0 Å². The van der Waals surface area contributed by atoms with Crippen LogP contribution in [-0.2, 0) is 17.8 Å². The number of amides is 1. The Morgan fingerprint density at radius 2 is 1.90 bits per heavy atom. The van der Waals surface area contributed by atoms with E-state index in [9.17, 15) is 9.18 Å². The molecule has 0 fully saturated rings. The van der Waals surface area contributed by atoms with Gasteiger partial charge in [-0.2, -0.15) is 5.10 Å². The van der Waals surface area contributed by atoms with E-state index >= 15 is 0 Å². The largest absolute Gasteiger partial charge is 0.453 e. The first-order valence-corrected chi connectivity index (χ1v) is 9.89. The summed E-state index contributed by atoms with van der Waals surface area (Å²) in [5.74, 6) is -0.0379. The molecule has 0 radical (unpaired) electrons. The number of benzene rings is 2. The monoisotopic (exact) mass is 416 g/mol. The second kappa shape index (κ2) is 9.67. The van der Waals surface area contributed by atoms with Gasteiger partial charge in [-0.1, -0.05) is 24.3 Å². The van der Waals surface area contributed by atoms with Gasteiger partial charge in [0.2, 0.25) is 5.91 Å². The Morgan fingerprint density at radius 3 is 2.68 bits per heavy atom. The molecule has 2 aromatic heterocycles. The number of carbonyl (C=O) groups excluding carboxylic acids is 1. The molecule has 0 spiro atoms. The van der Waals surface area contributed by atoms with Crippen molar-refractivity contribution < 1.29 is 13.9 Å². The Bertz CT molecular complexity index is 1150. The number of pyridine rings is 1. The van der Waals surface area contributed by atoms with E-state index in [4.69, 9.17) is 4.74 Å². The highest BCUT2D eigenvalue weighted by Gasteiger charge is 2.09. The minimum atomic E-state index is -0.496. The lowest BCUT2D eigenvalue weighted by molar-refractivity contribution is -0.121. The SMILES string of the molecule is O=C(CCc1cnn(-c2ccccc2)c1)NCc1ccc(Oc2cccnc2)c(F)c1. The van der Waals surface area contributed by atoms with Crippen LogP contribution in [0.2, 0.25) is 0 Å². The van der Waals surface area contributed by atoms with Crippen molar-refractivity contribution in [3.8, 4) is 17.2 Å². The second-order valence-corrected chi connectivity index (χ2v) is 6.96. The molecule has 1 amide bonds. The lowest BCUT2D eigenvalue weighted by Crippen LogP contribution is -2.23. The maximum Gasteiger partial charge on any atom is 0.220 e. The van der Waals surface area contributed by atoms with Crippen LogP contribution in [0.3, 0.4) is 0 Å². The first-order valence-electron chi connectivity index (χ1n) is 9.89. The quantitative estimate of drug-likeness (QED) is 0.461. The fourth-order valence-corrected chi connectivity index (χ4v) is 3.03. The van der Waals surface area contributed by atoms with Gasteiger partial charge in [-0.3, -0.25) is 9.78 Å². The van der Waals surface area contributed by atoms with Gasteiger partial charge in [0, 0.05) is 25.4 Å². The highest BCUT2D eigenvalue weighted by molar-refractivity contribution is 5.76. The number of aromatic nitrogens is 3. The van der Waals surface area contributed by atoms with Crippen LogP contribution in [0.25, 0.3) is 5.69 Å². The number of para-hydroxylation sites is 1. The average Bonchev–Trinajstić information content (AvgIpc) is 3.28. The van der Waals surface area contributed by atoms with Crippen LogP contribution in [0.5, 0.6) is 11.5 Å². The van der Waals surface area contributed by atoms with Gasteiger partial charge >= 0.3 is 0 Å². The minimum absolute atomic E-state index is 0.108. The Kier molecular flexibility index (Phi) is 6.32. The fraction of sp³-hybridized carbons (Fsp3) is 0.125. The van der Waals surface area contributed by atoms with E-state index in [1.54, 1.807) is 41.3 Å². The molecule has 0 bridgehead atoms. The van der Waals surface area contributed by atoms with E-state index in [0.29, 0.717) is 24.2 Å². The third kappa shape index (κ3) is 5.54. The van der Waals surface area contributed by atoms with Crippen molar-refractivity contribution in [3.63, 3.8) is 0 Å². The summed E-state index contributed by atoms with van der Waals surface area (Å²) in [5.41, 5.74) is 2.60. The van der Waals surface area contributed by atoms with E-state index in [1.165, 1.54) is 12.3 Å². The molecule has 2 heterocycles. The highest BCUT2D eigenvalue weighted by Crippen LogP contribution is 2.24. The number of hydrogen-bond donors (Lipinski definition) is 1. The van der Waals surface area contributed by atoms with Gasteiger partial charge in [0.1, 0.15) is 5.75 Å². The molecule has 1 N–H and O–H groups in total. The van der Waals surface area contributed by atoms with Gasteiger partial charge in [0.25, 0.3) is 0 Å². The number of carbonyl (C=O) groups is 1. The van der Waals surface area contributed by atoms with E-state index in [2.05, 4.69) is 15.4 Å². The summed E-state index contributed by atoms with van der Waals surface area (Å²) < 4.78 is 21.6. The van der Waals surface area contributed by atoms with E-state index in [-0.39, 0.29) is 18.2 Å². The summed E-state index contributed by atoms with van der Waals surface area (Å²) >= 11 is 0. The van der Waals surface area contributed by atoms with E-state index < -0.39 is 5.82 Å². The minimum Gasteiger partial charge on any atom is -0.453 e. The van der Waals surface area contributed by atoms with Crippen LogP contribution < -0.4 is 10.1 Å². The van der Waals surface area contributed by atoms with E-state index in [0.717, 1.165) is 11.3 Å². The molecule has 6 nitrogen and oxygen atoms in total. The molecule has 0 atom stereocenters. The summed E-state index contributed by atoms with van der Waals surface area (Å²) in [6, 6.07) is 17.8. The molecule has 0 unspecified atom stereocenters. The maximum absolute atomic E-state index is 14.3. The number of halogens is 1. The summed E-state index contributed by atoms with van der Waals surface area (Å²) in [6.45, 7) is 0.242. The smallest absolute Gasteiger partial charge is 0.220 e. The predicted molar refractivity (Wildman–Crippen MR) is 114 cm³/mol. The number of nitrogens with zero attached hydrogens (tertiary/aromatic N) is 3. The van der Waals surface area contributed by atoms with Crippen molar-refractivity contribution in [2.45, 2.75) is 19.4 Å². The lowest BCUT2D eigenvalue weighted by Gasteiger charge is -2.09. The third-order valence-corrected chi connectivity index (χ3v) is 4.65. The fourth-order valence-electron chi connectivity index (χ4n) is 3.03. The number of aryl methyl sites for hydroxylation is 1. The Balaban J connectivity index is 1.26. The Morgan fingerprint density at radius 1 is 1.03 bits per heavy atom. The first-order chi connectivity index (χ1) is 15.2. The van der Waals surface area contributed by atoms with Crippen molar-refractivity contribution in [1.29, 1.82) is 0 Å². The zero-order valence-electron chi connectivity index (χ0n) is 16.7. The van der Waals surface area contributed by atoms with Crippen molar-refractivity contribution in [2.75, 3.05) is 0 Å². The summed E-state index contributed by atoms with van der Waals surface area (Å²) in [6.07, 6.45) is 7.70. The van der Waals surface area contributed by atoms with Crippen molar-refractivity contribution >= 4 is 5.91 Å². The Labute approximate surface area is 179 Å². The molecule has 4 aromatic rings. The van der Waals surface area contributed by atoms with Gasteiger partial charge in [0.15, 0.2) is 11.6 Å². The number of nitrogens with one attached hydrogen (secondary N) is 1. The number of ether oxygens (including phenoxy) is 1. The maximum atomic E-state index is 14.3. The van der Waals surface area contributed by atoms with Gasteiger partial charge in [-0.05, 0) is 53.9 Å². The molecule has 0 aliphatic carbocycles. The lowest BCUT2D eigenvalue weighted by atomic mass is 10.1.